The molecule has 0 heterocycles. The fraction of sp³-hybridized carbons (Fsp3) is 0.391. The van der Waals surface area contributed by atoms with Crippen molar-refractivity contribution < 1.29 is 0 Å². The van der Waals surface area contributed by atoms with E-state index in [2.05, 4.69) is 65.0 Å². The van der Waals surface area contributed by atoms with Gasteiger partial charge in [-0.15, -0.1) is 0 Å². The van der Waals surface area contributed by atoms with Crippen LogP contribution >= 0.6 is 0 Å². The Labute approximate surface area is 141 Å². The van der Waals surface area contributed by atoms with Crippen LogP contribution in [0.25, 0.3) is 17.2 Å². The van der Waals surface area contributed by atoms with Crippen molar-refractivity contribution in [3.05, 3.63) is 63.2 Å². The summed E-state index contributed by atoms with van der Waals surface area (Å²) < 4.78 is 0. The largest absolute Gasteiger partial charge is 0.0654 e. The first-order valence-electron chi connectivity index (χ1n) is 8.92. The molecule has 0 nitrogen and oxygen atoms in total. The molecule has 0 saturated heterocycles. The Bertz CT molecular complexity index is 758. The molecule has 0 fully saturated rings. The summed E-state index contributed by atoms with van der Waals surface area (Å²) >= 11 is 0. The summed E-state index contributed by atoms with van der Waals surface area (Å²) in [5, 5.41) is 0. The summed E-state index contributed by atoms with van der Waals surface area (Å²) in [5.41, 5.74) is 13.2. The van der Waals surface area contributed by atoms with Crippen molar-refractivity contribution in [2.75, 3.05) is 0 Å². The minimum absolute atomic E-state index is 1.15. The lowest BCUT2D eigenvalue weighted by atomic mass is 9.86. The van der Waals surface area contributed by atoms with Crippen LogP contribution in [0.1, 0.15) is 59.6 Å². The Hall–Kier alpha value is -1.82. The van der Waals surface area contributed by atoms with Gasteiger partial charge in [0, 0.05) is 0 Å². The molecule has 0 spiro atoms. The van der Waals surface area contributed by atoms with Crippen LogP contribution in [-0.4, -0.2) is 0 Å². The first-order chi connectivity index (χ1) is 11.0. The Morgan fingerprint density at radius 2 is 1.57 bits per heavy atom. The van der Waals surface area contributed by atoms with Crippen LogP contribution in [0.4, 0.5) is 0 Å². The van der Waals surface area contributed by atoms with E-state index in [9.17, 15) is 0 Å². The molecule has 3 rings (SSSR count). The molecule has 23 heavy (non-hydrogen) atoms. The van der Waals surface area contributed by atoms with E-state index in [4.69, 9.17) is 0 Å². The molecule has 0 bridgehead atoms. The number of benzene rings is 2. The second kappa shape index (κ2) is 6.35. The second-order valence-electron chi connectivity index (χ2n) is 7.09. The van der Waals surface area contributed by atoms with Gasteiger partial charge in [0.2, 0.25) is 0 Å². The molecule has 1 aliphatic rings. The Morgan fingerprint density at radius 3 is 2.22 bits per heavy atom. The molecule has 120 valence electrons. The number of hydrogen-bond donors (Lipinski definition) is 0. The number of unbranched alkanes of at least 4 members (excludes halogenated alkanes) is 1. The van der Waals surface area contributed by atoms with Crippen LogP contribution in [0.3, 0.4) is 0 Å². The molecule has 0 radical (unpaired) electrons. The highest BCUT2D eigenvalue weighted by Gasteiger charge is 2.22. The van der Waals surface area contributed by atoms with Gasteiger partial charge in [0.25, 0.3) is 0 Å². The molecule has 0 atom stereocenters. The lowest BCUT2D eigenvalue weighted by Gasteiger charge is -2.18. The van der Waals surface area contributed by atoms with Gasteiger partial charge in [0.15, 0.2) is 0 Å². The van der Waals surface area contributed by atoms with E-state index in [0.717, 1.165) is 6.42 Å². The van der Waals surface area contributed by atoms with Crippen LogP contribution in [0.15, 0.2) is 29.8 Å². The highest BCUT2D eigenvalue weighted by molar-refractivity contribution is 5.85. The van der Waals surface area contributed by atoms with Crippen LogP contribution in [-0.2, 0) is 6.42 Å². The predicted molar refractivity (Wildman–Crippen MR) is 102 cm³/mol. The standard InChI is InChI=1S/C23H28/c1-6-7-8-19-13-21-17(4)16(3)18(5)23(22(21)14-19)20-11-9-15(2)10-12-20/h9-12,14H,6-8,13H2,1-5H3. The van der Waals surface area contributed by atoms with Crippen molar-refractivity contribution in [2.45, 2.75) is 60.3 Å². The molecule has 0 aromatic heterocycles. The summed E-state index contributed by atoms with van der Waals surface area (Å²) in [6.07, 6.45) is 7.46. The average Bonchev–Trinajstić information content (AvgIpc) is 2.96. The smallest absolute Gasteiger partial charge is 0.00549 e. The van der Waals surface area contributed by atoms with E-state index in [-0.39, 0.29) is 0 Å². The first-order valence-corrected chi connectivity index (χ1v) is 8.92. The third-order valence-electron chi connectivity index (χ3n) is 5.49. The van der Waals surface area contributed by atoms with Gasteiger partial charge in [-0.2, -0.15) is 0 Å². The predicted octanol–water partition coefficient (Wildman–Crippen LogP) is 6.72. The van der Waals surface area contributed by atoms with Crippen molar-refractivity contribution >= 4 is 6.08 Å². The van der Waals surface area contributed by atoms with Crippen LogP contribution in [0, 0.1) is 27.7 Å². The summed E-state index contributed by atoms with van der Waals surface area (Å²) in [7, 11) is 0. The van der Waals surface area contributed by atoms with E-state index < -0.39 is 0 Å². The summed E-state index contributed by atoms with van der Waals surface area (Å²) in [5.74, 6) is 0. The molecule has 2 aromatic rings. The number of hydrogen-bond acceptors (Lipinski definition) is 0. The highest BCUT2D eigenvalue weighted by atomic mass is 14.3. The van der Waals surface area contributed by atoms with Gasteiger partial charge in [-0.1, -0.05) is 54.8 Å². The summed E-state index contributed by atoms with van der Waals surface area (Å²) in [6.45, 7) is 11.3. The summed E-state index contributed by atoms with van der Waals surface area (Å²) in [4.78, 5) is 0. The van der Waals surface area contributed by atoms with E-state index >= 15 is 0 Å². The van der Waals surface area contributed by atoms with Crippen molar-refractivity contribution in [3.8, 4) is 11.1 Å². The normalized spacial score (nSPS) is 13.2. The van der Waals surface area contributed by atoms with Crippen molar-refractivity contribution in [1.29, 1.82) is 0 Å². The van der Waals surface area contributed by atoms with Crippen molar-refractivity contribution in [1.82, 2.24) is 0 Å². The zero-order chi connectivity index (χ0) is 16.6. The quantitative estimate of drug-likeness (QED) is 0.588. The van der Waals surface area contributed by atoms with Gasteiger partial charge in [-0.3, -0.25) is 0 Å². The molecule has 0 unspecified atom stereocenters. The first kappa shape index (κ1) is 16.1. The monoisotopic (exact) mass is 304 g/mol. The zero-order valence-electron chi connectivity index (χ0n) is 15.2. The number of aryl methyl sites for hydroxylation is 1. The SMILES string of the molecule is CCCCC1=Cc2c(c(C)c(C)c(C)c2-c2ccc(C)cc2)C1. The maximum absolute atomic E-state index is 2.49. The van der Waals surface area contributed by atoms with Crippen LogP contribution in [0.5, 0.6) is 0 Å². The van der Waals surface area contributed by atoms with Crippen LogP contribution in [0.2, 0.25) is 0 Å². The Kier molecular flexibility index (Phi) is 4.43. The lowest BCUT2D eigenvalue weighted by molar-refractivity contribution is 0.779. The van der Waals surface area contributed by atoms with Gasteiger partial charge < -0.3 is 0 Å². The molecule has 0 aliphatic heterocycles. The van der Waals surface area contributed by atoms with Crippen LogP contribution < -0.4 is 0 Å². The third-order valence-corrected chi connectivity index (χ3v) is 5.49. The molecule has 0 heteroatoms. The molecule has 2 aromatic carbocycles. The number of allylic oxidation sites excluding steroid dienone is 1. The lowest BCUT2D eigenvalue weighted by Crippen LogP contribution is -2.00. The molecule has 0 saturated carbocycles. The van der Waals surface area contributed by atoms with E-state index in [1.807, 2.05) is 0 Å². The molecule has 1 aliphatic carbocycles. The average molecular weight is 304 g/mol. The van der Waals surface area contributed by atoms with Crippen molar-refractivity contribution in [3.63, 3.8) is 0 Å². The minimum atomic E-state index is 1.15. The zero-order valence-corrected chi connectivity index (χ0v) is 15.2. The van der Waals surface area contributed by atoms with Gasteiger partial charge in [-0.05, 0) is 85.9 Å². The Balaban J connectivity index is 2.16. The Morgan fingerprint density at radius 1 is 0.870 bits per heavy atom. The minimum Gasteiger partial charge on any atom is -0.0654 e. The number of rotatable bonds is 4. The summed E-state index contributed by atoms with van der Waals surface area (Å²) in [6, 6.07) is 9.02. The molecular formula is C23H28. The topological polar surface area (TPSA) is 0 Å². The van der Waals surface area contributed by atoms with Gasteiger partial charge in [0.05, 0.1) is 0 Å². The maximum Gasteiger partial charge on any atom is -0.00549 e. The van der Waals surface area contributed by atoms with Gasteiger partial charge in [0.1, 0.15) is 0 Å². The van der Waals surface area contributed by atoms with E-state index in [1.54, 1.807) is 11.1 Å². The fourth-order valence-electron chi connectivity index (χ4n) is 3.78. The number of fused-ring (bicyclic) bond motifs is 1. The maximum atomic E-state index is 2.49. The highest BCUT2D eigenvalue weighted by Crippen LogP contribution is 2.41. The van der Waals surface area contributed by atoms with E-state index in [0.29, 0.717) is 0 Å². The van der Waals surface area contributed by atoms with Gasteiger partial charge in [-0.25, -0.2) is 0 Å². The molecule has 0 N–H and O–H groups in total. The third kappa shape index (κ3) is 2.87. The van der Waals surface area contributed by atoms with Gasteiger partial charge >= 0.3 is 0 Å². The van der Waals surface area contributed by atoms with Crippen molar-refractivity contribution in [2.24, 2.45) is 0 Å². The second-order valence-corrected chi connectivity index (χ2v) is 7.09. The fourth-order valence-corrected chi connectivity index (χ4v) is 3.78. The van der Waals surface area contributed by atoms with E-state index in [1.165, 1.54) is 58.2 Å². The molecular weight excluding hydrogens is 276 g/mol. The molecule has 0 amide bonds.